The summed E-state index contributed by atoms with van der Waals surface area (Å²) < 4.78 is 2.15. The van der Waals surface area contributed by atoms with E-state index in [1.165, 1.54) is 5.69 Å². The molecular weight excluding hydrogens is 314 g/mol. The van der Waals surface area contributed by atoms with Gasteiger partial charge in [0.1, 0.15) is 5.82 Å². The standard InChI is InChI=1S/C19H27N5O/c1-4-15(5-2)22-17-8-9-20-11-18(17)23-19(25)14-6-7-16-10-21-13(3)24(16)12-14/h8-11,14-15H,4-7,12H2,1-3H3,(H,20,22)(H,23,25). The Morgan fingerprint density at radius 3 is 2.88 bits per heavy atom. The summed E-state index contributed by atoms with van der Waals surface area (Å²) in [4.78, 5) is 21.3. The molecule has 0 saturated carbocycles. The first-order chi connectivity index (χ1) is 12.1. The van der Waals surface area contributed by atoms with E-state index in [1.54, 1.807) is 12.4 Å². The van der Waals surface area contributed by atoms with Gasteiger partial charge < -0.3 is 15.2 Å². The van der Waals surface area contributed by atoms with Crippen LogP contribution in [0.25, 0.3) is 0 Å². The number of rotatable bonds is 6. The number of carbonyl (C=O) groups is 1. The summed E-state index contributed by atoms with van der Waals surface area (Å²) in [6, 6.07) is 2.32. The molecule has 0 radical (unpaired) electrons. The van der Waals surface area contributed by atoms with Crippen LogP contribution in [-0.4, -0.2) is 26.5 Å². The van der Waals surface area contributed by atoms with Gasteiger partial charge in [-0.3, -0.25) is 9.78 Å². The van der Waals surface area contributed by atoms with Gasteiger partial charge in [0, 0.05) is 30.7 Å². The van der Waals surface area contributed by atoms with E-state index in [1.807, 2.05) is 19.2 Å². The van der Waals surface area contributed by atoms with Crippen molar-refractivity contribution in [3.05, 3.63) is 36.2 Å². The molecule has 2 aromatic heterocycles. The number of nitrogens with zero attached hydrogens (tertiary/aromatic N) is 3. The Morgan fingerprint density at radius 2 is 2.12 bits per heavy atom. The van der Waals surface area contributed by atoms with Gasteiger partial charge in [-0.1, -0.05) is 13.8 Å². The van der Waals surface area contributed by atoms with Crippen LogP contribution >= 0.6 is 0 Å². The van der Waals surface area contributed by atoms with Crippen LogP contribution in [-0.2, 0) is 17.8 Å². The number of fused-ring (bicyclic) bond motifs is 1. The summed E-state index contributed by atoms with van der Waals surface area (Å²) in [6.07, 6.45) is 9.22. The first kappa shape index (κ1) is 17.5. The van der Waals surface area contributed by atoms with Crippen LogP contribution in [0, 0.1) is 12.8 Å². The van der Waals surface area contributed by atoms with Crippen molar-refractivity contribution in [2.75, 3.05) is 10.6 Å². The molecule has 25 heavy (non-hydrogen) atoms. The maximum atomic E-state index is 12.8. The van der Waals surface area contributed by atoms with Crippen molar-refractivity contribution < 1.29 is 4.79 Å². The Hall–Kier alpha value is -2.37. The zero-order valence-corrected chi connectivity index (χ0v) is 15.2. The van der Waals surface area contributed by atoms with Gasteiger partial charge in [-0.15, -0.1) is 0 Å². The van der Waals surface area contributed by atoms with Crippen LogP contribution in [0.5, 0.6) is 0 Å². The fourth-order valence-corrected chi connectivity index (χ4v) is 3.38. The first-order valence-electron chi connectivity index (χ1n) is 9.14. The maximum Gasteiger partial charge on any atom is 0.229 e. The Morgan fingerprint density at radius 1 is 1.32 bits per heavy atom. The molecule has 1 unspecified atom stereocenters. The van der Waals surface area contributed by atoms with Gasteiger partial charge >= 0.3 is 0 Å². The smallest absolute Gasteiger partial charge is 0.229 e. The first-order valence-corrected chi connectivity index (χ1v) is 9.14. The van der Waals surface area contributed by atoms with Crippen molar-refractivity contribution in [1.82, 2.24) is 14.5 Å². The number of aryl methyl sites for hydroxylation is 2. The highest BCUT2D eigenvalue weighted by molar-refractivity contribution is 5.95. The molecule has 3 rings (SSSR count). The molecule has 6 heteroatoms. The number of hydrogen-bond acceptors (Lipinski definition) is 4. The monoisotopic (exact) mass is 341 g/mol. The molecule has 1 aliphatic heterocycles. The highest BCUT2D eigenvalue weighted by Gasteiger charge is 2.26. The lowest BCUT2D eigenvalue weighted by Crippen LogP contribution is -2.31. The van der Waals surface area contributed by atoms with Crippen molar-refractivity contribution in [2.24, 2.45) is 5.92 Å². The summed E-state index contributed by atoms with van der Waals surface area (Å²) in [5, 5.41) is 6.58. The second-order valence-electron chi connectivity index (χ2n) is 6.71. The predicted octanol–water partition coefficient (Wildman–Crippen LogP) is 3.39. The van der Waals surface area contributed by atoms with Crippen LogP contribution in [0.1, 0.15) is 44.6 Å². The van der Waals surface area contributed by atoms with Crippen LogP contribution in [0.15, 0.2) is 24.7 Å². The Balaban J connectivity index is 1.70. The highest BCUT2D eigenvalue weighted by atomic mass is 16.1. The summed E-state index contributed by atoms with van der Waals surface area (Å²) in [7, 11) is 0. The van der Waals surface area contributed by atoms with Crippen LogP contribution < -0.4 is 10.6 Å². The molecule has 1 atom stereocenters. The van der Waals surface area contributed by atoms with Crippen molar-refractivity contribution in [3.8, 4) is 0 Å². The number of amides is 1. The average molecular weight is 341 g/mol. The largest absolute Gasteiger partial charge is 0.381 e. The van der Waals surface area contributed by atoms with Gasteiger partial charge in [0.05, 0.1) is 23.5 Å². The molecule has 3 heterocycles. The van der Waals surface area contributed by atoms with E-state index in [2.05, 4.69) is 39.0 Å². The molecule has 134 valence electrons. The molecule has 6 nitrogen and oxygen atoms in total. The summed E-state index contributed by atoms with van der Waals surface area (Å²) in [6.45, 7) is 7.01. The van der Waals surface area contributed by atoms with Gasteiger partial charge in [-0.2, -0.15) is 0 Å². The summed E-state index contributed by atoms with van der Waals surface area (Å²) in [5.41, 5.74) is 2.92. The normalized spacial score (nSPS) is 16.6. The van der Waals surface area contributed by atoms with E-state index in [-0.39, 0.29) is 11.8 Å². The fraction of sp³-hybridized carbons (Fsp3) is 0.526. The van der Waals surface area contributed by atoms with E-state index >= 15 is 0 Å². The van der Waals surface area contributed by atoms with Gasteiger partial charge in [-0.05, 0) is 38.7 Å². The van der Waals surface area contributed by atoms with Crippen LogP contribution in [0.2, 0.25) is 0 Å². The third-order valence-electron chi connectivity index (χ3n) is 5.08. The molecule has 1 amide bonds. The van der Waals surface area contributed by atoms with E-state index in [4.69, 9.17) is 0 Å². The molecular formula is C19H27N5O. The predicted molar refractivity (Wildman–Crippen MR) is 99.6 cm³/mol. The van der Waals surface area contributed by atoms with E-state index in [0.29, 0.717) is 12.6 Å². The van der Waals surface area contributed by atoms with E-state index in [9.17, 15) is 4.79 Å². The van der Waals surface area contributed by atoms with Crippen molar-refractivity contribution >= 4 is 17.3 Å². The molecule has 0 saturated heterocycles. The Kier molecular flexibility index (Phi) is 5.36. The lowest BCUT2D eigenvalue weighted by molar-refractivity contribution is -0.120. The van der Waals surface area contributed by atoms with E-state index in [0.717, 1.165) is 42.9 Å². The number of imidazole rings is 1. The van der Waals surface area contributed by atoms with Crippen molar-refractivity contribution in [3.63, 3.8) is 0 Å². The summed E-state index contributed by atoms with van der Waals surface area (Å²) >= 11 is 0. The lowest BCUT2D eigenvalue weighted by Gasteiger charge is -2.25. The van der Waals surface area contributed by atoms with Gasteiger partial charge in [0.15, 0.2) is 0 Å². The van der Waals surface area contributed by atoms with Crippen LogP contribution in [0.3, 0.4) is 0 Å². The molecule has 0 aromatic carbocycles. The second kappa shape index (κ2) is 7.68. The number of nitrogens with one attached hydrogen (secondary N) is 2. The third kappa shape index (κ3) is 3.83. The number of pyridine rings is 1. The number of hydrogen-bond donors (Lipinski definition) is 2. The molecule has 0 aliphatic carbocycles. The highest BCUT2D eigenvalue weighted by Crippen LogP contribution is 2.26. The quantitative estimate of drug-likeness (QED) is 0.845. The van der Waals surface area contributed by atoms with Gasteiger partial charge in [-0.25, -0.2) is 4.98 Å². The second-order valence-corrected chi connectivity index (χ2v) is 6.71. The lowest BCUT2D eigenvalue weighted by atomic mass is 9.97. The van der Waals surface area contributed by atoms with Crippen molar-refractivity contribution in [1.29, 1.82) is 0 Å². The molecule has 2 N–H and O–H groups in total. The number of anilines is 2. The minimum Gasteiger partial charge on any atom is -0.381 e. The molecule has 0 bridgehead atoms. The molecule has 2 aromatic rings. The van der Waals surface area contributed by atoms with Crippen LogP contribution in [0.4, 0.5) is 11.4 Å². The Bertz CT molecular complexity index is 735. The topological polar surface area (TPSA) is 71.8 Å². The molecule has 1 aliphatic rings. The fourth-order valence-electron chi connectivity index (χ4n) is 3.38. The average Bonchev–Trinajstić information content (AvgIpc) is 3.01. The minimum absolute atomic E-state index is 0.0402. The SMILES string of the molecule is CCC(CC)Nc1ccncc1NC(=O)C1CCc2cnc(C)n2C1. The number of aromatic nitrogens is 3. The minimum atomic E-state index is -0.0402. The van der Waals surface area contributed by atoms with Gasteiger partial charge in [0.25, 0.3) is 0 Å². The van der Waals surface area contributed by atoms with Gasteiger partial charge in [0.2, 0.25) is 5.91 Å². The Labute approximate surface area is 149 Å². The maximum absolute atomic E-state index is 12.8. The van der Waals surface area contributed by atoms with Crippen molar-refractivity contribution in [2.45, 2.75) is 59.0 Å². The molecule has 0 fully saturated rings. The zero-order chi connectivity index (χ0) is 17.8. The molecule has 0 spiro atoms. The number of carbonyl (C=O) groups excluding carboxylic acids is 1. The summed E-state index contributed by atoms with van der Waals surface area (Å²) in [5.74, 6) is 0.992. The third-order valence-corrected chi connectivity index (χ3v) is 5.08. The zero-order valence-electron chi connectivity index (χ0n) is 15.2. The van der Waals surface area contributed by atoms with E-state index < -0.39 is 0 Å².